The molecule has 1 atom stereocenters. The zero-order valence-electron chi connectivity index (χ0n) is 14.4. The van der Waals surface area contributed by atoms with Crippen LogP contribution in [-0.4, -0.2) is 29.3 Å². The molecule has 0 fully saturated rings. The van der Waals surface area contributed by atoms with Gasteiger partial charge in [-0.25, -0.2) is 0 Å². The molecule has 0 saturated carbocycles. The van der Waals surface area contributed by atoms with Crippen LogP contribution in [0.1, 0.15) is 24.2 Å². The summed E-state index contributed by atoms with van der Waals surface area (Å²) in [5.74, 6) is -0.458. The lowest BCUT2D eigenvalue weighted by atomic mass is 10.0. The molecule has 1 amide bonds. The Bertz CT molecular complexity index is 863. The summed E-state index contributed by atoms with van der Waals surface area (Å²) in [6, 6.07) is 12.7. The van der Waals surface area contributed by atoms with Gasteiger partial charge in [-0.1, -0.05) is 44.2 Å². The predicted octanol–water partition coefficient (Wildman–Crippen LogP) is 3.23. The maximum atomic E-state index is 12.8. The average molecular weight is 354 g/mol. The third-order valence-corrected chi connectivity index (χ3v) is 4.21. The van der Waals surface area contributed by atoms with Gasteiger partial charge in [-0.3, -0.25) is 24.6 Å². The minimum Gasteiger partial charge on any atom is -0.478 e. The van der Waals surface area contributed by atoms with Crippen molar-refractivity contribution in [2.24, 2.45) is 5.92 Å². The van der Waals surface area contributed by atoms with E-state index in [0.717, 1.165) is 0 Å². The first-order chi connectivity index (χ1) is 12.4. The van der Waals surface area contributed by atoms with E-state index >= 15 is 0 Å². The first-order valence-electron chi connectivity index (χ1n) is 8.23. The monoisotopic (exact) mass is 354 g/mol. The fourth-order valence-electron chi connectivity index (χ4n) is 2.84. The van der Waals surface area contributed by atoms with Crippen molar-refractivity contribution >= 4 is 23.1 Å². The number of carbonyl (C=O) groups excluding carboxylic acids is 2. The van der Waals surface area contributed by atoms with E-state index in [0.29, 0.717) is 11.3 Å². The maximum absolute atomic E-state index is 12.8. The van der Waals surface area contributed by atoms with Gasteiger partial charge in [-0.2, -0.15) is 0 Å². The van der Waals surface area contributed by atoms with Crippen molar-refractivity contribution in [3.05, 3.63) is 64.2 Å². The average Bonchev–Trinajstić information content (AvgIpc) is 2.63. The van der Waals surface area contributed by atoms with Crippen LogP contribution in [0.15, 0.2) is 48.5 Å². The number of non-ortho nitro benzene ring substituents is 1. The topological polar surface area (TPSA) is 89.8 Å². The number of anilines is 1. The van der Waals surface area contributed by atoms with Gasteiger partial charge in [0.05, 0.1) is 23.2 Å². The standard InChI is InChI=1S/C19H18N2O5/c1-12(2)18-19(23)20(11-16(22)13-6-4-3-5-7-13)15-9-8-14(21(24)25)10-17(15)26-18/h3-10,12,18H,11H2,1-2H3. The highest BCUT2D eigenvalue weighted by Crippen LogP contribution is 2.38. The lowest BCUT2D eigenvalue weighted by Crippen LogP contribution is -2.50. The van der Waals surface area contributed by atoms with Gasteiger partial charge < -0.3 is 4.74 Å². The van der Waals surface area contributed by atoms with Crippen LogP contribution in [0.3, 0.4) is 0 Å². The molecule has 1 aliphatic heterocycles. The van der Waals surface area contributed by atoms with Crippen molar-refractivity contribution in [1.29, 1.82) is 0 Å². The van der Waals surface area contributed by atoms with Gasteiger partial charge >= 0.3 is 0 Å². The van der Waals surface area contributed by atoms with Gasteiger partial charge in [-0.05, 0) is 12.0 Å². The predicted molar refractivity (Wildman–Crippen MR) is 95.5 cm³/mol. The van der Waals surface area contributed by atoms with E-state index in [9.17, 15) is 19.7 Å². The molecule has 0 saturated heterocycles. The van der Waals surface area contributed by atoms with E-state index in [-0.39, 0.29) is 35.6 Å². The van der Waals surface area contributed by atoms with E-state index in [1.807, 2.05) is 13.8 Å². The molecule has 0 aliphatic carbocycles. The molecule has 0 bridgehead atoms. The molecule has 1 heterocycles. The third kappa shape index (κ3) is 3.28. The highest BCUT2D eigenvalue weighted by atomic mass is 16.6. The Morgan fingerprint density at radius 3 is 2.54 bits per heavy atom. The molecule has 2 aromatic rings. The number of nitrogens with zero attached hydrogens (tertiary/aromatic N) is 2. The maximum Gasteiger partial charge on any atom is 0.273 e. The van der Waals surface area contributed by atoms with Crippen LogP contribution < -0.4 is 9.64 Å². The van der Waals surface area contributed by atoms with Crippen LogP contribution in [0.2, 0.25) is 0 Å². The Hall–Kier alpha value is -3.22. The van der Waals surface area contributed by atoms with Gasteiger partial charge in [0.15, 0.2) is 17.6 Å². The summed E-state index contributed by atoms with van der Waals surface area (Å²) in [7, 11) is 0. The first kappa shape index (κ1) is 17.6. The molecular formula is C19H18N2O5. The summed E-state index contributed by atoms with van der Waals surface area (Å²) in [6.45, 7) is 3.49. The van der Waals surface area contributed by atoms with E-state index in [2.05, 4.69) is 0 Å². The number of amides is 1. The Morgan fingerprint density at radius 2 is 1.92 bits per heavy atom. The molecule has 1 unspecified atom stereocenters. The molecule has 2 aromatic carbocycles. The molecule has 134 valence electrons. The molecular weight excluding hydrogens is 336 g/mol. The third-order valence-electron chi connectivity index (χ3n) is 4.21. The second kappa shape index (κ2) is 6.95. The molecule has 3 rings (SSSR count). The Balaban J connectivity index is 1.99. The van der Waals surface area contributed by atoms with Crippen LogP contribution in [0, 0.1) is 16.0 Å². The van der Waals surface area contributed by atoms with Crippen molar-refractivity contribution in [2.75, 3.05) is 11.4 Å². The zero-order valence-corrected chi connectivity index (χ0v) is 14.4. The smallest absolute Gasteiger partial charge is 0.273 e. The number of hydrogen-bond acceptors (Lipinski definition) is 5. The summed E-state index contributed by atoms with van der Waals surface area (Å²) in [5, 5.41) is 11.0. The summed E-state index contributed by atoms with van der Waals surface area (Å²) in [5.41, 5.74) is 0.730. The number of carbonyl (C=O) groups is 2. The van der Waals surface area contributed by atoms with Crippen LogP contribution in [-0.2, 0) is 4.79 Å². The molecule has 0 N–H and O–H groups in total. The number of hydrogen-bond donors (Lipinski definition) is 0. The quantitative estimate of drug-likeness (QED) is 0.467. The van der Waals surface area contributed by atoms with Gasteiger partial charge in [-0.15, -0.1) is 0 Å². The number of nitro groups is 1. The number of ketones is 1. The van der Waals surface area contributed by atoms with Crippen molar-refractivity contribution in [3.8, 4) is 5.75 Å². The van der Waals surface area contributed by atoms with E-state index in [4.69, 9.17) is 4.74 Å². The molecule has 0 radical (unpaired) electrons. The van der Waals surface area contributed by atoms with Crippen molar-refractivity contribution < 1.29 is 19.2 Å². The summed E-state index contributed by atoms with van der Waals surface area (Å²) >= 11 is 0. The minimum absolute atomic E-state index is 0.130. The number of nitro benzene ring substituents is 1. The normalized spacial score (nSPS) is 16.2. The van der Waals surface area contributed by atoms with Crippen molar-refractivity contribution in [3.63, 3.8) is 0 Å². The number of rotatable bonds is 5. The Morgan fingerprint density at radius 1 is 1.23 bits per heavy atom. The molecule has 0 spiro atoms. The number of Topliss-reactive ketones (excluding diaryl/α,β-unsaturated/α-hetero) is 1. The van der Waals surface area contributed by atoms with Gasteiger partial charge in [0.1, 0.15) is 0 Å². The summed E-state index contributed by atoms with van der Waals surface area (Å²) in [4.78, 5) is 37.3. The Kier molecular flexibility index (Phi) is 4.71. The number of fused-ring (bicyclic) bond motifs is 1. The lowest BCUT2D eigenvalue weighted by molar-refractivity contribution is -0.384. The largest absolute Gasteiger partial charge is 0.478 e. The number of ether oxygens (including phenoxy) is 1. The second-order valence-corrected chi connectivity index (χ2v) is 6.41. The zero-order chi connectivity index (χ0) is 18.8. The molecule has 26 heavy (non-hydrogen) atoms. The van der Waals surface area contributed by atoms with Gasteiger partial charge in [0.25, 0.3) is 11.6 Å². The van der Waals surface area contributed by atoms with Crippen LogP contribution in [0.5, 0.6) is 5.75 Å². The lowest BCUT2D eigenvalue weighted by Gasteiger charge is -2.35. The molecule has 0 aromatic heterocycles. The highest BCUT2D eigenvalue weighted by Gasteiger charge is 2.38. The number of benzene rings is 2. The second-order valence-electron chi connectivity index (χ2n) is 6.41. The van der Waals surface area contributed by atoms with Crippen LogP contribution in [0.25, 0.3) is 0 Å². The van der Waals surface area contributed by atoms with Crippen LogP contribution in [0.4, 0.5) is 11.4 Å². The Labute approximate surface area is 150 Å². The van der Waals surface area contributed by atoms with Crippen LogP contribution >= 0.6 is 0 Å². The van der Waals surface area contributed by atoms with Gasteiger partial charge in [0.2, 0.25) is 0 Å². The van der Waals surface area contributed by atoms with Gasteiger partial charge in [0, 0.05) is 11.6 Å². The van der Waals surface area contributed by atoms with E-state index in [1.54, 1.807) is 30.3 Å². The minimum atomic E-state index is -0.798. The fraction of sp³-hybridized carbons (Fsp3) is 0.263. The molecule has 1 aliphatic rings. The van der Waals surface area contributed by atoms with E-state index in [1.165, 1.54) is 23.1 Å². The first-order valence-corrected chi connectivity index (χ1v) is 8.23. The van der Waals surface area contributed by atoms with Crippen molar-refractivity contribution in [1.82, 2.24) is 0 Å². The van der Waals surface area contributed by atoms with E-state index < -0.39 is 11.0 Å². The molecule has 7 heteroatoms. The highest BCUT2D eigenvalue weighted by molar-refractivity contribution is 6.08. The SMILES string of the molecule is CC(C)C1Oc2cc([N+](=O)[O-])ccc2N(CC(=O)c2ccccc2)C1=O. The summed E-state index contributed by atoms with van der Waals surface area (Å²) in [6.07, 6.45) is -0.798. The molecule has 7 nitrogen and oxygen atoms in total. The summed E-state index contributed by atoms with van der Waals surface area (Å²) < 4.78 is 5.71. The van der Waals surface area contributed by atoms with Crippen molar-refractivity contribution in [2.45, 2.75) is 20.0 Å². The fourth-order valence-corrected chi connectivity index (χ4v) is 2.84.